The molecular formula is C31H31ClF2N4O4. The average Bonchev–Trinajstić information content (AvgIpc) is 3.31. The van der Waals surface area contributed by atoms with Crippen molar-refractivity contribution in [1.29, 1.82) is 0 Å². The summed E-state index contributed by atoms with van der Waals surface area (Å²) in [5, 5.41) is 9.83. The predicted molar refractivity (Wildman–Crippen MR) is 153 cm³/mol. The molecule has 4 atom stereocenters. The van der Waals surface area contributed by atoms with Crippen molar-refractivity contribution in [3.63, 3.8) is 0 Å². The second kappa shape index (κ2) is 11.9. The lowest BCUT2D eigenvalue weighted by Crippen LogP contribution is -2.43. The molecule has 0 saturated carbocycles. The largest absolute Gasteiger partial charge is 0.478 e. The molecule has 2 aromatic carbocycles. The van der Waals surface area contributed by atoms with Crippen LogP contribution in [0.15, 0.2) is 54.6 Å². The molecule has 0 bridgehead atoms. The van der Waals surface area contributed by atoms with E-state index in [9.17, 15) is 14.3 Å². The molecule has 0 amide bonds. The maximum absolute atomic E-state index is 15.8. The fourth-order valence-corrected chi connectivity index (χ4v) is 5.86. The van der Waals surface area contributed by atoms with Gasteiger partial charge in [0.15, 0.2) is 0 Å². The van der Waals surface area contributed by atoms with Gasteiger partial charge in [0.05, 0.1) is 41.0 Å². The van der Waals surface area contributed by atoms with Crippen LogP contribution in [-0.4, -0.2) is 62.5 Å². The fraction of sp³-hybridized carbons (Fsp3) is 0.387. The van der Waals surface area contributed by atoms with Gasteiger partial charge in [-0.05, 0) is 62.7 Å². The number of ether oxygens (including phenoxy) is 2. The molecule has 2 saturated heterocycles. The van der Waals surface area contributed by atoms with Crippen LogP contribution in [0.1, 0.15) is 59.2 Å². The number of alkyl halides is 1. The number of fused-ring (bicyclic) bond motifs is 1. The molecule has 6 rings (SSSR count). The molecule has 2 aliphatic rings. The van der Waals surface area contributed by atoms with Gasteiger partial charge in [-0.1, -0.05) is 23.7 Å². The van der Waals surface area contributed by atoms with Gasteiger partial charge in [0.1, 0.15) is 24.4 Å². The Morgan fingerprint density at radius 2 is 2.02 bits per heavy atom. The molecule has 2 fully saturated rings. The van der Waals surface area contributed by atoms with Crippen molar-refractivity contribution in [2.24, 2.45) is 0 Å². The summed E-state index contributed by atoms with van der Waals surface area (Å²) in [6.45, 7) is 4.07. The number of aromatic carboxylic acids is 1. The zero-order valence-corrected chi connectivity index (χ0v) is 23.8. The number of hydrogen-bond donors (Lipinski definition) is 1. The van der Waals surface area contributed by atoms with E-state index in [1.165, 1.54) is 6.07 Å². The number of pyridine rings is 1. The monoisotopic (exact) mass is 596 g/mol. The molecule has 42 heavy (non-hydrogen) atoms. The zero-order chi connectivity index (χ0) is 29.4. The van der Waals surface area contributed by atoms with Gasteiger partial charge in [-0.25, -0.2) is 23.5 Å². The fourth-order valence-electron chi connectivity index (χ4n) is 5.70. The third-order valence-electron chi connectivity index (χ3n) is 8.21. The Bertz CT molecular complexity index is 1610. The molecule has 2 aromatic heterocycles. The van der Waals surface area contributed by atoms with Gasteiger partial charge in [0.2, 0.25) is 5.88 Å². The highest BCUT2D eigenvalue weighted by Crippen LogP contribution is 2.35. The van der Waals surface area contributed by atoms with Gasteiger partial charge in [0.25, 0.3) is 0 Å². The number of carbonyl (C=O) groups is 1. The SMILES string of the molecule is C[C@@H](c1nc2ccc(C(=O)O)cc2n1C[C@@H]1CCO1)N1CCC(c2cccc(OCc3ccc(Cl)cc3F)n2)C(F)C1. The van der Waals surface area contributed by atoms with Crippen LogP contribution in [0.5, 0.6) is 5.88 Å². The van der Waals surface area contributed by atoms with Crippen molar-refractivity contribution in [2.45, 2.75) is 57.2 Å². The van der Waals surface area contributed by atoms with Gasteiger partial charge in [-0.2, -0.15) is 0 Å². The molecule has 0 aliphatic carbocycles. The molecule has 11 heteroatoms. The first-order chi connectivity index (χ1) is 20.3. The lowest BCUT2D eigenvalue weighted by atomic mass is 9.90. The van der Waals surface area contributed by atoms with Crippen molar-refractivity contribution < 1.29 is 28.2 Å². The molecule has 0 spiro atoms. The van der Waals surface area contributed by atoms with Crippen LogP contribution in [-0.2, 0) is 17.9 Å². The first-order valence-corrected chi connectivity index (χ1v) is 14.4. The van der Waals surface area contributed by atoms with Crippen LogP contribution < -0.4 is 4.74 Å². The number of benzene rings is 2. The smallest absolute Gasteiger partial charge is 0.335 e. The number of piperidine rings is 1. The number of aromatic nitrogens is 3. The Labute approximate surface area is 246 Å². The summed E-state index contributed by atoms with van der Waals surface area (Å²) in [5.74, 6) is -0.805. The Hall–Kier alpha value is -3.60. The second-order valence-electron chi connectivity index (χ2n) is 10.9. The normalized spacial score (nSPS) is 21.7. The van der Waals surface area contributed by atoms with E-state index in [1.807, 2.05) is 11.5 Å². The number of hydrogen-bond acceptors (Lipinski definition) is 6. The van der Waals surface area contributed by atoms with Gasteiger partial charge in [0, 0.05) is 35.7 Å². The van der Waals surface area contributed by atoms with Gasteiger partial charge in [-0.3, -0.25) is 4.90 Å². The maximum atomic E-state index is 15.8. The maximum Gasteiger partial charge on any atom is 0.335 e. The van der Waals surface area contributed by atoms with E-state index >= 15 is 4.39 Å². The van der Waals surface area contributed by atoms with Crippen LogP contribution in [0.4, 0.5) is 8.78 Å². The summed E-state index contributed by atoms with van der Waals surface area (Å²) in [7, 11) is 0. The lowest BCUT2D eigenvalue weighted by molar-refractivity contribution is -0.0595. The number of likely N-dealkylation sites (tertiary alicyclic amines) is 1. The number of imidazole rings is 1. The van der Waals surface area contributed by atoms with E-state index in [2.05, 4.69) is 9.88 Å². The highest BCUT2D eigenvalue weighted by Gasteiger charge is 2.35. The van der Waals surface area contributed by atoms with Gasteiger partial charge in [-0.15, -0.1) is 0 Å². The van der Waals surface area contributed by atoms with Crippen molar-refractivity contribution >= 4 is 28.6 Å². The second-order valence-corrected chi connectivity index (χ2v) is 11.3. The molecule has 2 aliphatic heterocycles. The Balaban J connectivity index is 1.17. The lowest BCUT2D eigenvalue weighted by Gasteiger charge is -2.38. The highest BCUT2D eigenvalue weighted by molar-refractivity contribution is 6.30. The highest BCUT2D eigenvalue weighted by atomic mass is 35.5. The van der Waals surface area contributed by atoms with Crippen LogP contribution in [0.2, 0.25) is 5.02 Å². The number of carboxylic acids is 1. The molecule has 4 aromatic rings. The van der Waals surface area contributed by atoms with Gasteiger partial charge >= 0.3 is 5.97 Å². The summed E-state index contributed by atoms with van der Waals surface area (Å²) >= 11 is 5.83. The van der Waals surface area contributed by atoms with Crippen molar-refractivity contribution in [3.05, 3.63) is 88.1 Å². The first-order valence-electron chi connectivity index (χ1n) is 14.0. The molecule has 0 radical (unpaired) electrons. The number of nitrogens with zero attached hydrogens (tertiary/aromatic N) is 4. The van der Waals surface area contributed by atoms with E-state index < -0.39 is 23.9 Å². The van der Waals surface area contributed by atoms with Crippen LogP contribution >= 0.6 is 11.6 Å². The van der Waals surface area contributed by atoms with Crippen molar-refractivity contribution in [2.75, 3.05) is 19.7 Å². The van der Waals surface area contributed by atoms with Crippen molar-refractivity contribution in [3.8, 4) is 5.88 Å². The zero-order valence-electron chi connectivity index (χ0n) is 23.1. The molecule has 220 valence electrons. The standard InChI is InChI=1S/C31H31ClF2N4O4/c1-18(30-36-27-8-6-19(31(39)40)13-28(27)38(30)15-22-10-12-41-22)37-11-9-23(25(34)16-37)26-3-2-4-29(35-26)42-17-20-5-7-21(32)14-24(20)33/h2-8,13-14,18,22-23,25H,9-12,15-17H2,1H3,(H,39,40)/t18-,22-,23?,25?/m0/s1. The topological polar surface area (TPSA) is 89.7 Å². The Morgan fingerprint density at radius 3 is 2.74 bits per heavy atom. The first kappa shape index (κ1) is 28.5. The van der Waals surface area contributed by atoms with Crippen LogP contribution in [0, 0.1) is 5.82 Å². The predicted octanol–water partition coefficient (Wildman–Crippen LogP) is 6.18. The van der Waals surface area contributed by atoms with E-state index in [1.54, 1.807) is 48.5 Å². The summed E-state index contributed by atoms with van der Waals surface area (Å²) < 4.78 is 43.3. The minimum Gasteiger partial charge on any atom is -0.478 e. The average molecular weight is 597 g/mol. The van der Waals surface area contributed by atoms with E-state index in [4.69, 9.17) is 26.1 Å². The van der Waals surface area contributed by atoms with Gasteiger partial charge < -0.3 is 19.1 Å². The minimum absolute atomic E-state index is 0.0185. The molecule has 2 unspecified atom stereocenters. The molecule has 8 nitrogen and oxygen atoms in total. The number of rotatable bonds is 9. The summed E-state index contributed by atoms with van der Waals surface area (Å²) in [4.78, 5) is 23.1. The van der Waals surface area contributed by atoms with Crippen molar-refractivity contribution in [1.82, 2.24) is 19.4 Å². The Kier molecular flexibility index (Phi) is 8.11. The molecule has 1 N–H and O–H groups in total. The third kappa shape index (κ3) is 5.84. The minimum atomic E-state index is -1.18. The Morgan fingerprint density at radius 1 is 1.19 bits per heavy atom. The number of carboxylic acid groups (broad SMARTS) is 1. The number of halogens is 3. The van der Waals surface area contributed by atoms with E-state index in [0.29, 0.717) is 53.8 Å². The van der Waals surface area contributed by atoms with Crippen LogP contribution in [0.25, 0.3) is 11.0 Å². The summed E-state index contributed by atoms with van der Waals surface area (Å²) in [5.41, 5.74) is 2.58. The summed E-state index contributed by atoms with van der Waals surface area (Å²) in [6.07, 6.45) is 0.333. The van der Waals surface area contributed by atoms with E-state index in [0.717, 1.165) is 17.8 Å². The summed E-state index contributed by atoms with van der Waals surface area (Å²) in [6, 6.07) is 14.3. The van der Waals surface area contributed by atoms with E-state index in [-0.39, 0.29) is 30.9 Å². The third-order valence-corrected chi connectivity index (χ3v) is 8.45. The quantitative estimate of drug-likeness (QED) is 0.247. The molecular weight excluding hydrogens is 566 g/mol. The molecule has 4 heterocycles. The van der Waals surface area contributed by atoms with Crippen LogP contribution in [0.3, 0.4) is 0 Å².